The molecule has 0 bridgehead atoms. The lowest BCUT2D eigenvalue weighted by atomic mass is 10.1. The highest BCUT2D eigenvalue weighted by molar-refractivity contribution is 7.92. The highest BCUT2D eigenvalue weighted by Crippen LogP contribution is 2.29. The Hall–Kier alpha value is -2.34. The maximum absolute atomic E-state index is 13.0. The Labute approximate surface area is 136 Å². The molecule has 0 saturated carbocycles. The molecule has 0 saturated heterocycles. The number of para-hydroxylation sites is 1. The lowest BCUT2D eigenvalue weighted by Crippen LogP contribution is -2.39. The van der Waals surface area contributed by atoms with Crippen LogP contribution in [0, 0.1) is 20.8 Å². The van der Waals surface area contributed by atoms with Crippen molar-refractivity contribution < 1.29 is 13.2 Å². The number of primary amides is 1. The van der Waals surface area contributed by atoms with Crippen LogP contribution in [0.4, 0.5) is 5.69 Å². The summed E-state index contributed by atoms with van der Waals surface area (Å²) in [6.07, 6.45) is 0. The van der Waals surface area contributed by atoms with Gasteiger partial charge in [0.2, 0.25) is 5.91 Å². The lowest BCUT2D eigenvalue weighted by molar-refractivity contribution is -0.116. The summed E-state index contributed by atoms with van der Waals surface area (Å²) in [5, 5.41) is 0. The minimum atomic E-state index is -3.88. The number of rotatable bonds is 5. The largest absolute Gasteiger partial charge is 0.368 e. The first kappa shape index (κ1) is 17.0. The molecule has 23 heavy (non-hydrogen) atoms. The van der Waals surface area contributed by atoms with Crippen LogP contribution < -0.4 is 10.0 Å². The number of nitrogens with two attached hydrogens (primary N) is 1. The normalized spacial score (nSPS) is 11.3. The summed E-state index contributed by atoms with van der Waals surface area (Å²) < 4.78 is 27.1. The molecule has 0 aliphatic heterocycles. The number of nitrogens with zero attached hydrogens (tertiary/aromatic N) is 1. The number of anilines is 1. The van der Waals surface area contributed by atoms with Crippen molar-refractivity contribution in [1.82, 2.24) is 0 Å². The average molecular weight is 332 g/mol. The van der Waals surface area contributed by atoms with Crippen molar-refractivity contribution in [3.05, 3.63) is 59.2 Å². The molecule has 0 atom stereocenters. The molecule has 0 aliphatic carbocycles. The molecule has 2 rings (SSSR count). The summed E-state index contributed by atoms with van der Waals surface area (Å²) in [5.41, 5.74) is 8.26. The second-order valence-corrected chi connectivity index (χ2v) is 7.39. The Balaban J connectivity index is 2.63. The molecule has 0 unspecified atom stereocenters. The summed E-state index contributed by atoms with van der Waals surface area (Å²) in [6.45, 7) is 5.09. The van der Waals surface area contributed by atoms with Crippen molar-refractivity contribution >= 4 is 21.6 Å². The molecule has 0 aromatic heterocycles. The number of amides is 1. The van der Waals surface area contributed by atoms with Crippen LogP contribution in [0.15, 0.2) is 47.4 Å². The Morgan fingerprint density at radius 3 is 2.00 bits per heavy atom. The molecule has 5 nitrogen and oxygen atoms in total. The first-order valence-corrected chi connectivity index (χ1v) is 8.61. The Bertz CT molecular complexity index is 807. The molecule has 1 amide bonds. The van der Waals surface area contributed by atoms with Crippen molar-refractivity contribution in [3.63, 3.8) is 0 Å². The van der Waals surface area contributed by atoms with Crippen molar-refractivity contribution in [3.8, 4) is 0 Å². The predicted octanol–water partition coefficient (Wildman–Crippen LogP) is 2.29. The highest BCUT2D eigenvalue weighted by atomic mass is 32.2. The van der Waals surface area contributed by atoms with Crippen LogP contribution in [0.1, 0.15) is 16.7 Å². The zero-order valence-electron chi connectivity index (χ0n) is 13.4. The van der Waals surface area contributed by atoms with Gasteiger partial charge in [-0.1, -0.05) is 35.9 Å². The quantitative estimate of drug-likeness (QED) is 0.912. The second-order valence-electron chi connectivity index (χ2n) is 5.53. The van der Waals surface area contributed by atoms with Crippen molar-refractivity contribution in [2.45, 2.75) is 25.7 Å². The van der Waals surface area contributed by atoms with Gasteiger partial charge in [0.25, 0.3) is 10.0 Å². The molecule has 0 radical (unpaired) electrons. The van der Waals surface area contributed by atoms with Crippen LogP contribution in [-0.4, -0.2) is 20.9 Å². The van der Waals surface area contributed by atoms with Gasteiger partial charge < -0.3 is 5.73 Å². The van der Waals surface area contributed by atoms with Gasteiger partial charge in [0.15, 0.2) is 0 Å². The number of hydrogen-bond acceptors (Lipinski definition) is 3. The summed E-state index contributed by atoms with van der Waals surface area (Å²) in [7, 11) is -3.88. The summed E-state index contributed by atoms with van der Waals surface area (Å²) in [4.78, 5) is 11.6. The maximum Gasteiger partial charge on any atom is 0.264 e. The number of sulfonamides is 1. The van der Waals surface area contributed by atoms with Gasteiger partial charge >= 0.3 is 0 Å². The molecule has 2 aromatic carbocycles. The minimum absolute atomic E-state index is 0.131. The smallest absolute Gasteiger partial charge is 0.264 e. The van der Waals surface area contributed by atoms with Gasteiger partial charge in [-0.05, 0) is 44.0 Å². The van der Waals surface area contributed by atoms with Gasteiger partial charge in [-0.15, -0.1) is 0 Å². The molecule has 0 spiro atoms. The summed E-state index contributed by atoms with van der Waals surface area (Å²) in [5.74, 6) is -0.705. The molecule has 0 heterocycles. The molecule has 0 aliphatic rings. The van der Waals surface area contributed by atoms with E-state index >= 15 is 0 Å². The average Bonchev–Trinajstić information content (AvgIpc) is 2.46. The van der Waals surface area contributed by atoms with Crippen LogP contribution in [0.3, 0.4) is 0 Å². The van der Waals surface area contributed by atoms with Crippen molar-refractivity contribution in [2.24, 2.45) is 5.73 Å². The SMILES string of the molecule is Cc1ccc(S(=O)(=O)N(CC(N)=O)c2c(C)cccc2C)cc1. The van der Waals surface area contributed by atoms with Crippen molar-refractivity contribution in [2.75, 3.05) is 10.8 Å². The Morgan fingerprint density at radius 2 is 1.52 bits per heavy atom. The van der Waals surface area contributed by atoms with E-state index in [1.807, 2.05) is 13.0 Å². The third-order valence-electron chi connectivity index (χ3n) is 3.60. The first-order valence-electron chi connectivity index (χ1n) is 7.17. The Morgan fingerprint density at radius 1 is 1.00 bits per heavy atom. The number of hydrogen-bond donors (Lipinski definition) is 1. The molecule has 122 valence electrons. The van der Waals surface area contributed by atoms with E-state index < -0.39 is 22.5 Å². The Kier molecular flexibility index (Phi) is 4.75. The number of carbonyl (C=O) groups excluding carboxylic acids is 1. The van der Waals surface area contributed by atoms with E-state index in [9.17, 15) is 13.2 Å². The van der Waals surface area contributed by atoms with Crippen LogP contribution >= 0.6 is 0 Å². The van der Waals surface area contributed by atoms with Gasteiger partial charge in [0.05, 0.1) is 10.6 Å². The summed E-state index contributed by atoms with van der Waals surface area (Å²) in [6, 6.07) is 12.0. The van der Waals surface area contributed by atoms with E-state index in [1.165, 1.54) is 12.1 Å². The molecule has 2 aromatic rings. The van der Waals surface area contributed by atoms with E-state index in [0.717, 1.165) is 21.0 Å². The molecule has 6 heteroatoms. The lowest BCUT2D eigenvalue weighted by Gasteiger charge is -2.26. The van der Waals surface area contributed by atoms with Crippen LogP contribution in [0.25, 0.3) is 0 Å². The predicted molar refractivity (Wildman–Crippen MR) is 90.8 cm³/mol. The molecule has 0 fully saturated rings. The van der Waals surface area contributed by atoms with Gasteiger partial charge in [-0.2, -0.15) is 0 Å². The fourth-order valence-electron chi connectivity index (χ4n) is 2.46. The monoisotopic (exact) mass is 332 g/mol. The van der Waals surface area contributed by atoms with Gasteiger partial charge in [0.1, 0.15) is 6.54 Å². The zero-order chi connectivity index (χ0) is 17.2. The van der Waals surface area contributed by atoms with E-state index in [4.69, 9.17) is 5.73 Å². The second kappa shape index (κ2) is 6.42. The van der Waals surface area contributed by atoms with Gasteiger partial charge in [-0.3, -0.25) is 9.10 Å². The fourth-order valence-corrected chi connectivity index (χ4v) is 4.02. The van der Waals surface area contributed by atoms with Crippen LogP contribution in [0.5, 0.6) is 0 Å². The van der Waals surface area contributed by atoms with Crippen molar-refractivity contribution in [1.29, 1.82) is 0 Å². The molecular weight excluding hydrogens is 312 g/mol. The van der Waals surface area contributed by atoms with Crippen LogP contribution in [0.2, 0.25) is 0 Å². The van der Waals surface area contributed by atoms with Gasteiger partial charge in [0, 0.05) is 0 Å². The minimum Gasteiger partial charge on any atom is -0.368 e. The topological polar surface area (TPSA) is 80.5 Å². The van der Waals surface area contributed by atoms with Gasteiger partial charge in [-0.25, -0.2) is 8.42 Å². The van der Waals surface area contributed by atoms with E-state index in [2.05, 4.69) is 0 Å². The number of aryl methyl sites for hydroxylation is 3. The fraction of sp³-hybridized carbons (Fsp3) is 0.235. The van der Waals surface area contributed by atoms with E-state index in [-0.39, 0.29) is 4.90 Å². The number of benzene rings is 2. The first-order chi connectivity index (χ1) is 10.7. The third kappa shape index (κ3) is 3.53. The standard InChI is InChI=1S/C17H20N2O3S/c1-12-7-9-15(10-8-12)23(21,22)19(11-16(18)20)17-13(2)5-4-6-14(17)3/h4-10H,11H2,1-3H3,(H2,18,20). The summed E-state index contributed by atoms with van der Waals surface area (Å²) >= 11 is 0. The molecule has 2 N–H and O–H groups in total. The zero-order valence-corrected chi connectivity index (χ0v) is 14.2. The molecular formula is C17H20N2O3S. The maximum atomic E-state index is 13.0. The van der Waals surface area contributed by atoms with E-state index in [1.54, 1.807) is 38.1 Å². The van der Waals surface area contributed by atoms with E-state index in [0.29, 0.717) is 5.69 Å². The van der Waals surface area contributed by atoms with Crippen LogP contribution in [-0.2, 0) is 14.8 Å². The number of carbonyl (C=O) groups is 1. The highest BCUT2D eigenvalue weighted by Gasteiger charge is 2.28. The third-order valence-corrected chi connectivity index (χ3v) is 5.36.